The van der Waals surface area contributed by atoms with Gasteiger partial charge < -0.3 is 10.6 Å². The summed E-state index contributed by atoms with van der Waals surface area (Å²) in [6.07, 6.45) is 2.88. The zero-order valence-electron chi connectivity index (χ0n) is 20.6. The number of nitrogens with zero attached hydrogens (tertiary/aromatic N) is 6. The van der Waals surface area contributed by atoms with E-state index in [1.54, 1.807) is 0 Å². The van der Waals surface area contributed by atoms with E-state index in [0.717, 1.165) is 18.4 Å². The topological polar surface area (TPSA) is 145 Å². The van der Waals surface area contributed by atoms with Crippen molar-refractivity contribution >= 4 is 17.4 Å². The van der Waals surface area contributed by atoms with Gasteiger partial charge in [0.2, 0.25) is 11.7 Å². The summed E-state index contributed by atoms with van der Waals surface area (Å²) >= 11 is 0. The van der Waals surface area contributed by atoms with Gasteiger partial charge in [0.05, 0.1) is 6.54 Å². The Hall–Kier alpha value is -3.76. The monoisotopic (exact) mass is 482 g/mol. The molecular weight excluding hydrogens is 448 g/mol. The van der Waals surface area contributed by atoms with Crippen LogP contribution in [-0.2, 0) is 17.9 Å². The second-order valence-corrected chi connectivity index (χ2v) is 8.90. The predicted octanol–water partition coefficient (Wildman–Crippen LogP) is 2.43. The molecule has 0 spiro atoms. The van der Waals surface area contributed by atoms with E-state index < -0.39 is 11.2 Å². The van der Waals surface area contributed by atoms with Gasteiger partial charge in [0.25, 0.3) is 5.56 Å². The van der Waals surface area contributed by atoms with E-state index in [1.807, 2.05) is 51.1 Å². The third kappa shape index (κ3) is 6.65. The van der Waals surface area contributed by atoms with Crippen LogP contribution in [0.1, 0.15) is 52.9 Å². The molecule has 0 radical (unpaired) electrons. The van der Waals surface area contributed by atoms with E-state index >= 15 is 0 Å². The average molecular weight is 483 g/mol. The van der Waals surface area contributed by atoms with Crippen LogP contribution in [0, 0.1) is 5.92 Å². The fourth-order valence-electron chi connectivity index (χ4n) is 3.67. The number of aromatic amines is 1. The summed E-state index contributed by atoms with van der Waals surface area (Å²) in [7, 11) is 0. The second-order valence-electron chi connectivity index (χ2n) is 8.90. The molecule has 3 aromatic rings. The fourth-order valence-corrected chi connectivity index (χ4v) is 3.67. The van der Waals surface area contributed by atoms with Gasteiger partial charge in [-0.25, -0.2) is 4.79 Å². The highest BCUT2D eigenvalue weighted by atomic mass is 16.2. The SMILES string of the molecule is CCCCn1c(N)c(N(CCC(C)C)C(=O)CCCn2nnc(-c3ccccc3)n2)c(=O)[nH]c1=O. The molecule has 0 saturated carbocycles. The highest BCUT2D eigenvalue weighted by molar-refractivity contribution is 5.95. The van der Waals surface area contributed by atoms with Crippen LogP contribution in [0.3, 0.4) is 0 Å². The molecule has 0 fully saturated rings. The van der Waals surface area contributed by atoms with E-state index in [4.69, 9.17) is 5.73 Å². The summed E-state index contributed by atoms with van der Waals surface area (Å²) in [5, 5.41) is 12.5. The van der Waals surface area contributed by atoms with Crippen LogP contribution in [0.2, 0.25) is 0 Å². The first-order valence-electron chi connectivity index (χ1n) is 12.1. The molecular formula is C24H34N8O3. The summed E-state index contributed by atoms with van der Waals surface area (Å²) in [6, 6.07) is 9.52. The van der Waals surface area contributed by atoms with E-state index in [9.17, 15) is 14.4 Å². The smallest absolute Gasteiger partial charge is 0.330 e. The highest BCUT2D eigenvalue weighted by Crippen LogP contribution is 2.20. The number of benzene rings is 1. The minimum Gasteiger partial charge on any atom is -0.383 e. The van der Waals surface area contributed by atoms with Crippen LogP contribution >= 0.6 is 0 Å². The summed E-state index contributed by atoms with van der Waals surface area (Å²) in [5.74, 6) is 0.609. The third-order valence-corrected chi connectivity index (χ3v) is 5.68. The maximum absolute atomic E-state index is 13.3. The van der Waals surface area contributed by atoms with Crippen LogP contribution in [-0.4, -0.2) is 42.2 Å². The Kier molecular flexibility index (Phi) is 8.93. The number of carbonyl (C=O) groups excluding carboxylic acids is 1. The number of nitrogens with two attached hydrogens (primary N) is 1. The maximum Gasteiger partial charge on any atom is 0.330 e. The summed E-state index contributed by atoms with van der Waals surface area (Å²) < 4.78 is 1.33. The molecule has 0 saturated heterocycles. The number of aryl methyl sites for hydroxylation is 1. The first kappa shape index (κ1) is 25.9. The van der Waals surface area contributed by atoms with Crippen molar-refractivity contribution in [3.05, 3.63) is 51.2 Å². The zero-order valence-corrected chi connectivity index (χ0v) is 20.6. The first-order valence-corrected chi connectivity index (χ1v) is 12.1. The lowest BCUT2D eigenvalue weighted by Crippen LogP contribution is -2.42. The van der Waals surface area contributed by atoms with E-state index in [-0.39, 0.29) is 23.8 Å². The van der Waals surface area contributed by atoms with Crippen LogP contribution in [0.5, 0.6) is 0 Å². The molecule has 2 aromatic heterocycles. The number of carbonyl (C=O) groups is 1. The normalized spacial score (nSPS) is 11.2. The molecule has 0 aliphatic rings. The van der Waals surface area contributed by atoms with Crippen LogP contribution in [0.15, 0.2) is 39.9 Å². The third-order valence-electron chi connectivity index (χ3n) is 5.68. The van der Waals surface area contributed by atoms with E-state index in [0.29, 0.717) is 44.2 Å². The predicted molar refractivity (Wildman–Crippen MR) is 135 cm³/mol. The van der Waals surface area contributed by atoms with Crippen molar-refractivity contribution in [1.82, 2.24) is 29.8 Å². The van der Waals surface area contributed by atoms with Crippen molar-refractivity contribution in [3.8, 4) is 11.4 Å². The number of unbranched alkanes of at least 4 members (excludes halogenated alkanes) is 1. The Morgan fingerprint density at radius 1 is 1.14 bits per heavy atom. The first-order chi connectivity index (χ1) is 16.8. The Morgan fingerprint density at radius 2 is 1.89 bits per heavy atom. The van der Waals surface area contributed by atoms with Crippen molar-refractivity contribution < 1.29 is 4.79 Å². The van der Waals surface area contributed by atoms with Crippen molar-refractivity contribution in [1.29, 1.82) is 0 Å². The van der Waals surface area contributed by atoms with Gasteiger partial charge >= 0.3 is 5.69 Å². The Bertz CT molecular complexity index is 1230. The van der Waals surface area contributed by atoms with Crippen molar-refractivity contribution in [2.24, 2.45) is 5.92 Å². The summed E-state index contributed by atoms with van der Waals surface area (Å²) in [4.78, 5) is 43.5. The second kappa shape index (κ2) is 12.1. The molecule has 0 bridgehead atoms. The molecule has 0 unspecified atom stereocenters. The summed E-state index contributed by atoms with van der Waals surface area (Å²) in [6.45, 7) is 7.18. The molecule has 0 aliphatic carbocycles. The number of H-pyrrole nitrogens is 1. The summed E-state index contributed by atoms with van der Waals surface area (Å²) in [5.41, 5.74) is 5.95. The molecule has 11 nitrogen and oxygen atoms in total. The molecule has 35 heavy (non-hydrogen) atoms. The number of tetrazole rings is 1. The van der Waals surface area contributed by atoms with Gasteiger partial charge in [0.1, 0.15) is 5.82 Å². The quantitative estimate of drug-likeness (QED) is 0.403. The van der Waals surface area contributed by atoms with Crippen LogP contribution < -0.4 is 21.9 Å². The molecule has 0 atom stereocenters. The fraction of sp³-hybridized carbons (Fsp3) is 0.500. The average Bonchev–Trinajstić information content (AvgIpc) is 3.30. The largest absolute Gasteiger partial charge is 0.383 e. The molecule has 3 N–H and O–H groups in total. The Labute approximate surface area is 204 Å². The number of anilines is 2. The van der Waals surface area contributed by atoms with Gasteiger partial charge in [-0.15, -0.1) is 10.2 Å². The van der Waals surface area contributed by atoms with E-state index in [1.165, 1.54) is 14.3 Å². The van der Waals surface area contributed by atoms with E-state index in [2.05, 4.69) is 20.4 Å². The zero-order chi connectivity index (χ0) is 25.4. The maximum atomic E-state index is 13.3. The van der Waals surface area contributed by atoms with Gasteiger partial charge in [-0.1, -0.05) is 57.5 Å². The molecule has 2 heterocycles. The lowest BCUT2D eigenvalue weighted by molar-refractivity contribution is -0.118. The molecule has 0 aliphatic heterocycles. The molecule has 188 valence electrons. The number of rotatable bonds is 12. The van der Waals surface area contributed by atoms with Gasteiger partial charge in [-0.3, -0.25) is 19.1 Å². The number of nitrogen functional groups attached to an aromatic ring is 1. The van der Waals surface area contributed by atoms with Crippen molar-refractivity contribution in [3.63, 3.8) is 0 Å². The minimum atomic E-state index is -0.650. The lowest BCUT2D eigenvalue weighted by Gasteiger charge is -2.25. The van der Waals surface area contributed by atoms with Crippen LogP contribution in [0.25, 0.3) is 11.4 Å². The van der Waals surface area contributed by atoms with Gasteiger partial charge in [-0.2, -0.15) is 4.80 Å². The Morgan fingerprint density at radius 3 is 2.57 bits per heavy atom. The highest BCUT2D eigenvalue weighted by Gasteiger charge is 2.24. The number of hydrogen-bond donors (Lipinski definition) is 2. The standard InChI is InChI=1S/C24H34N8O3/c1-4-5-14-31-21(25)20(23(34)26-24(31)35)30(16-13-17(2)3)19(33)12-9-15-32-28-22(27-29-32)18-10-7-6-8-11-18/h6-8,10-11,17H,4-5,9,12-16,25H2,1-3H3,(H,26,34,35). The van der Waals surface area contributed by atoms with Crippen LogP contribution in [0.4, 0.5) is 11.5 Å². The number of aromatic nitrogens is 6. The van der Waals surface area contributed by atoms with Gasteiger partial charge in [0.15, 0.2) is 5.69 Å². The molecule has 3 rings (SSSR count). The number of nitrogens with one attached hydrogen (secondary N) is 1. The van der Waals surface area contributed by atoms with Gasteiger partial charge in [-0.05, 0) is 30.4 Å². The molecule has 1 amide bonds. The van der Waals surface area contributed by atoms with Crippen molar-refractivity contribution in [2.45, 2.75) is 66.0 Å². The number of hydrogen-bond acceptors (Lipinski definition) is 7. The molecule has 11 heteroatoms. The minimum absolute atomic E-state index is 0.0229. The van der Waals surface area contributed by atoms with Crippen molar-refractivity contribution in [2.75, 3.05) is 17.2 Å². The van der Waals surface area contributed by atoms with Gasteiger partial charge in [0, 0.05) is 25.1 Å². The molecule has 1 aromatic carbocycles. The lowest BCUT2D eigenvalue weighted by atomic mass is 10.1. The Balaban J connectivity index is 1.76. The number of amides is 1.